The molecule has 0 saturated carbocycles. The van der Waals surface area contributed by atoms with E-state index in [4.69, 9.17) is 10.5 Å². The van der Waals surface area contributed by atoms with Crippen molar-refractivity contribution in [1.29, 1.82) is 0 Å². The van der Waals surface area contributed by atoms with Crippen LogP contribution >= 0.6 is 0 Å². The van der Waals surface area contributed by atoms with Crippen molar-refractivity contribution in [3.8, 4) is 5.75 Å². The first-order chi connectivity index (χ1) is 9.79. The van der Waals surface area contributed by atoms with Crippen molar-refractivity contribution < 1.29 is 17.9 Å². The van der Waals surface area contributed by atoms with Gasteiger partial charge in [0.1, 0.15) is 11.8 Å². The van der Waals surface area contributed by atoms with Crippen LogP contribution in [0.2, 0.25) is 0 Å². The SMILES string of the molecule is CC(C)COc1cccc2ccc([C@H](N)C(F)(F)F)cc12. The van der Waals surface area contributed by atoms with Crippen LogP contribution in [0.4, 0.5) is 13.2 Å². The zero-order chi connectivity index (χ0) is 15.6. The number of nitrogens with two attached hydrogens (primary N) is 1. The normalized spacial score (nSPS) is 13.7. The molecule has 5 heteroatoms. The van der Waals surface area contributed by atoms with Gasteiger partial charge in [-0.05, 0) is 29.0 Å². The molecule has 0 fully saturated rings. The van der Waals surface area contributed by atoms with Gasteiger partial charge in [-0.25, -0.2) is 0 Å². The zero-order valence-corrected chi connectivity index (χ0v) is 11.9. The summed E-state index contributed by atoms with van der Waals surface area (Å²) in [7, 11) is 0. The van der Waals surface area contributed by atoms with Gasteiger partial charge in [0.15, 0.2) is 0 Å². The molecule has 2 aromatic carbocycles. The maximum absolute atomic E-state index is 12.7. The van der Waals surface area contributed by atoms with Crippen LogP contribution in [0, 0.1) is 5.92 Å². The van der Waals surface area contributed by atoms with Crippen LogP contribution in [0.15, 0.2) is 36.4 Å². The smallest absolute Gasteiger partial charge is 0.407 e. The van der Waals surface area contributed by atoms with Crippen LogP contribution in [-0.2, 0) is 0 Å². The average molecular weight is 297 g/mol. The van der Waals surface area contributed by atoms with Crippen LogP contribution in [-0.4, -0.2) is 12.8 Å². The number of benzene rings is 2. The molecule has 0 amide bonds. The monoisotopic (exact) mass is 297 g/mol. The second-order valence-electron chi connectivity index (χ2n) is 5.46. The summed E-state index contributed by atoms with van der Waals surface area (Å²) in [6.07, 6.45) is -4.46. The van der Waals surface area contributed by atoms with Crippen molar-refractivity contribution in [2.75, 3.05) is 6.61 Å². The van der Waals surface area contributed by atoms with E-state index in [9.17, 15) is 13.2 Å². The molecule has 2 rings (SSSR count). The Kier molecular flexibility index (Phi) is 4.42. The molecule has 0 saturated heterocycles. The molecule has 114 valence electrons. The van der Waals surface area contributed by atoms with Gasteiger partial charge < -0.3 is 10.5 Å². The summed E-state index contributed by atoms with van der Waals surface area (Å²) in [5.41, 5.74) is 5.31. The molecular weight excluding hydrogens is 279 g/mol. The minimum absolute atomic E-state index is 0.0376. The topological polar surface area (TPSA) is 35.2 Å². The van der Waals surface area contributed by atoms with Crippen molar-refractivity contribution in [3.05, 3.63) is 42.0 Å². The molecule has 0 unspecified atom stereocenters. The maximum Gasteiger partial charge on any atom is 0.407 e. The Balaban J connectivity index is 2.42. The number of hydrogen-bond acceptors (Lipinski definition) is 2. The fourth-order valence-electron chi connectivity index (χ4n) is 2.03. The number of hydrogen-bond donors (Lipinski definition) is 1. The van der Waals surface area contributed by atoms with Crippen molar-refractivity contribution in [2.24, 2.45) is 11.7 Å². The lowest BCUT2D eigenvalue weighted by atomic mass is 10.0. The van der Waals surface area contributed by atoms with Gasteiger partial charge in [0.25, 0.3) is 0 Å². The molecule has 0 aliphatic rings. The first-order valence-electron chi connectivity index (χ1n) is 6.77. The van der Waals surface area contributed by atoms with E-state index in [1.54, 1.807) is 12.1 Å². The fraction of sp³-hybridized carbons (Fsp3) is 0.375. The first kappa shape index (κ1) is 15.6. The van der Waals surface area contributed by atoms with Crippen molar-refractivity contribution in [1.82, 2.24) is 0 Å². The van der Waals surface area contributed by atoms with Crippen molar-refractivity contribution in [3.63, 3.8) is 0 Å². The van der Waals surface area contributed by atoms with E-state index in [1.165, 1.54) is 12.1 Å². The highest BCUT2D eigenvalue weighted by molar-refractivity contribution is 5.89. The van der Waals surface area contributed by atoms with Gasteiger partial charge in [0.05, 0.1) is 6.61 Å². The van der Waals surface area contributed by atoms with E-state index in [2.05, 4.69) is 0 Å². The van der Waals surface area contributed by atoms with E-state index in [1.807, 2.05) is 26.0 Å². The van der Waals surface area contributed by atoms with Crippen molar-refractivity contribution in [2.45, 2.75) is 26.1 Å². The molecule has 2 aromatic rings. The molecule has 0 aliphatic carbocycles. The molecule has 0 aromatic heterocycles. The van der Waals surface area contributed by atoms with Gasteiger partial charge in [0, 0.05) is 5.39 Å². The predicted octanol–water partition coefficient (Wildman–Crippen LogP) is 4.44. The summed E-state index contributed by atoms with van der Waals surface area (Å²) in [6.45, 7) is 4.53. The number of fused-ring (bicyclic) bond motifs is 1. The Bertz CT molecular complexity index is 622. The summed E-state index contributed by atoms with van der Waals surface area (Å²) in [6, 6.07) is 7.93. The number of rotatable bonds is 4. The first-order valence-corrected chi connectivity index (χ1v) is 6.77. The maximum atomic E-state index is 12.7. The molecular formula is C16H18F3NO. The third-order valence-electron chi connectivity index (χ3n) is 3.15. The molecule has 0 aliphatic heterocycles. The van der Waals surface area contributed by atoms with Crippen LogP contribution in [0.3, 0.4) is 0 Å². The van der Waals surface area contributed by atoms with E-state index in [0.29, 0.717) is 23.7 Å². The number of halogens is 3. The summed E-state index contributed by atoms with van der Waals surface area (Å²) < 4.78 is 43.9. The summed E-state index contributed by atoms with van der Waals surface area (Å²) in [4.78, 5) is 0. The summed E-state index contributed by atoms with van der Waals surface area (Å²) >= 11 is 0. The molecule has 0 bridgehead atoms. The highest BCUT2D eigenvalue weighted by Gasteiger charge is 2.37. The third-order valence-corrected chi connectivity index (χ3v) is 3.15. The fourth-order valence-corrected chi connectivity index (χ4v) is 2.03. The lowest BCUT2D eigenvalue weighted by Gasteiger charge is -2.17. The Labute approximate surface area is 121 Å². The Morgan fingerprint density at radius 2 is 1.86 bits per heavy atom. The average Bonchev–Trinajstić information content (AvgIpc) is 2.42. The van der Waals surface area contributed by atoms with Gasteiger partial charge in [-0.1, -0.05) is 38.1 Å². The predicted molar refractivity (Wildman–Crippen MR) is 77.3 cm³/mol. The van der Waals surface area contributed by atoms with Gasteiger partial charge in [0.2, 0.25) is 0 Å². The van der Waals surface area contributed by atoms with E-state index < -0.39 is 12.2 Å². The molecule has 0 spiro atoms. The van der Waals surface area contributed by atoms with Crippen LogP contribution in [0.1, 0.15) is 25.5 Å². The standard InChI is InChI=1S/C16H18F3NO/c1-10(2)9-21-14-5-3-4-11-6-7-12(8-13(11)14)15(20)16(17,18)19/h3-8,10,15H,9,20H2,1-2H3/t15-/m0/s1. The molecule has 0 radical (unpaired) electrons. The summed E-state index contributed by atoms with van der Waals surface area (Å²) in [5, 5.41) is 1.48. The highest BCUT2D eigenvalue weighted by Crippen LogP contribution is 2.34. The Morgan fingerprint density at radius 3 is 2.48 bits per heavy atom. The Morgan fingerprint density at radius 1 is 1.14 bits per heavy atom. The second-order valence-corrected chi connectivity index (χ2v) is 5.46. The minimum Gasteiger partial charge on any atom is -0.493 e. The molecule has 0 heterocycles. The van der Waals surface area contributed by atoms with Crippen LogP contribution < -0.4 is 10.5 Å². The summed E-state index contributed by atoms with van der Waals surface area (Å²) in [5.74, 6) is 0.915. The van der Waals surface area contributed by atoms with Gasteiger partial charge in [-0.15, -0.1) is 0 Å². The van der Waals surface area contributed by atoms with Crippen LogP contribution in [0.25, 0.3) is 10.8 Å². The van der Waals surface area contributed by atoms with Gasteiger partial charge >= 0.3 is 6.18 Å². The van der Waals surface area contributed by atoms with E-state index in [0.717, 1.165) is 5.39 Å². The minimum atomic E-state index is -4.46. The zero-order valence-electron chi connectivity index (χ0n) is 11.9. The largest absolute Gasteiger partial charge is 0.493 e. The van der Waals surface area contributed by atoms with Gasteiger partial charge in [-0.3, -0.25) is 0 Å². The lowest BCUT2D eigenvalue weighted by molar-refractivity contribution is -0.149. The quantitative estimate of drug-likeness (QED) is 0.905. The third kappa shape index (κ3) is 3.67. The molecule has 1 atom stereocenters. The highest BCUT2D eigenvalue weighted by atomic mass is 19.4. The van der Waals surface area contributed by atoms with Crippen molar-refractivity contribution >= 4 is 10.8 Å². The second kappa shape index (κ2) is 5.93. The van der Waals surface area contributed by atoms with Gasteiger partial charge in [-0.2, -0.15) is 13.2 Å². The van der Waals surface area contributed by atoms with E-state index in [-0.39, 0.29) is 5.56 Å². The molecule has 2 N–H and O–H groups in total. The Hall–Kier alpha value is -1.75. The molecule has 21 heavy (non-hydrogen) atoms. The number of alkyl halides is 3. The van der Waals surface area contributed by atoms with E-state index >= 15 is 0 Å². The number of ether oxygens (including phenoxy) is 1. The van der Waals surface area contributed by atoms with Crippen LogP contribution in [0.5, 0.6) is 5.75 Å². The lowest BCUT2D eigenvalue weighted by Crippen LogP contribution is -2.28. The molecule has 2 nitrogen and oxygen atoms in total.